The molecule has 0 saturated heterocycles. The van der Waals surface area contributed by atoms with Crippen LogP contribution in [0.5, 0.6) is 0 Å². The zero-order valence-corrected chi connectivity index (χ0v) is 14.5. The summed E-state index contributed by atoms with van der Waals surface area (Å²) < 4.78 is 1.73. The van der Waals surface area contributed by atoms with Crippen LogP contribution in [-0.4, -0.2) is 20.2 Å². The fourth-order valence-electron chi connectivity index (χ4n) is 3.89. The first-order valence-corrected chi connectivity index (χ1v) is 8.90. The maximum Gasteiger partial charge on any atom is 0.164 e. The molecule has 0 aliphatic heterocycles. The van der Waals surface area contributed by atoms with Gasteiger partial charge in [-0.15, -0.1) is 5.10 Å². The Bertz CT molecular complexity index is 827. The summed E-state index contributed by atoms with van der Waals surface area (Å²) in [4.78, 5) is 0. The van der Waals surface area contributed by atoms with Crippen molar-refractivity contribution in [2.45, 2.75) is 37.8 Å². The van der Waals surface area contributed by atoms with Gasteiger partial charge < -0.3 is 5.32 Å². The maximum atomic E-state index is 4.11. The van der Waals surface area contributed by atoms with Crippen molar-refractivity contribution in [1.82, 2.24) is 25.5 Å². The van der Waals surface area contributed by atoms with Crippen LogP contribution in [0.15, 0.2) is 54.6 Å². The summed E-state index contributed by atoms with van der Waals surface area (Å²) in [6.45, 7) is 0.654. The van der Waals surface area contributed by atoms with Crippen LogP contribution in [0.3, 0.4) is 0 Å². The molecule has 1 aliphatic carbocycles. The van der Waals surface area contributed by atoms with Gasteiger partial charge in [0.1, 0.15) is 0 Å². The first-order chi connectivity index (χ1) is 12.3. The van der Waals surface area contributed by atoms with E-state index in [1.165, 1.54) is 36.0 Å². The van der Waals surface area contributed by atoms with Gasteiger partial charge in [-0.25, -0.2) is 4.68 Å². The minimum atomic E-state index is 0.249. The Balaban J connectivity index is 1.65. The van der Waals surface area contributed by atoms with Crippen molar-refractivity contribution in [2.75, 3.05) is 0 Å². The predicted octanol–water partition coefficient (Wildman–Crippen LogP) is 3.16. The molecule has 5 heteroatoms. The van der Waals surface area contributed by atoms with Crippen molar-refractivity contribution in [3.63, 3.8) is 0 Å². The smallest absolute Gasteiger partial charge is 0.164 e. The Labute approximate surface area is 148 Å². The van der Waals surface area contributed by atoms with Gasteiger partial charge in [-0.05, 0) is 46.4 Å². The second kappa shape index (κ2) is 7.15. The Hall–Kier alpha value is -2.53. The van der Waals surface area contributed by atoms with E-state index < -0.39 is 0 Å². The number of hydrogen-bond donors (Lipinski definition) is 1. The number of nitrogens with one attached hydrogen (secondary N) is 1. The van der Waals surface area contributed by atoms with Crippen LogP contribution >= 0.6 is 0 Å². The third-order valence-corrected chi connectivity index (χ3v) is 5.16. The molecule has 1 aromatic heterocycles. The number of fused-ring (bicyclic) bond motifs is 1. The lowest BCUT2D eigenvalue weighted by Gasteiger charge is -2.33. The van der Waals surface area contributed by atoms with Gasteiger partial charge in [-0.3, -0.25) is 0 Å². The van der Waals surface area contributed by atoms with Gasteiger partial charge in [-0.1, -0.05) is 54.6 Å². The number of hydrogen-bond acceptors (Lipinski definition) is 4. The lowest BCUT2D eigenvalue weighted by atomic mass is 9.76. The highest BCUT2D eigenvalue weighted by Crippen LogP contribution is 2.40. The summed E-state index contributed by atoms with van der Waals surface area (Å²) in [5, 5.41) is 15.5. The zero-order valence-electron chi connectivity index (χ0n) is 14.5. The Kier molecular flexibility index (Phi) is 4.57. The van der Waals surface area contributed by atoms with E-state index in [4.69, 9.17) is 0 Å². The van der Waals surface area contributed by atoms with E-state index in [1.807, 2.05) is 7.05 Å². The molecule has 1 N–H and O–H groups in total. The molecule has 0 unspecified atom stereocenters. The molecular formula is C20H23N5. The van der Waals surface area contributed by atoms with Crippen molar-refractivity contribution in [3.05, 3.63) is 77.1 Å². The third kappa shape index (κ3) is 3.33. The van der Waals surface area contributed by atoms with E-state index in [0.29, 0.717) is 12.5 Å². The van der Waals surface area contributed by atoms with Gasteiger partial charge >= 0.3 is 0 Å². The van der Waals surface area contributed by atoms with Crippen molar-refractivity contribution < 1.29 is 0 Å². The summed E-state index contributed by atoms with van der Waals surface area (Å²) in [5.74, 6) is 1.32. The number of rotatable bonds is 5. The van der Waals surface area contributed by atoms with Gasteiger partial charge in [0.2, 0.25) is 0 Å². The molecule has 1 heterocycles. The van der Waals surface area contributed by atoms with Crippen LogP contribution in [0.4, 0.5) is 0 Å². The number of aromatic nitrogens is 4. The molecule has 25 heavy (non-hydrogen) atoms. The molecule has 0 spiro atoms. The van der Waals surface area contributed by atoms with Crippen LogP contribution in [0, 0.1) is 0 Å². The SMILES string of the molecule is Cn1nnnc1CN[C@H](c1ccccc1)[C@H]1CCCc2ccccc21. The standard InChI is InChI=1S/C20H23N5/c1-25-19(22-23-24-25)14-21-20(16-9-3-2-4-10-16)18-13-7-11-15-8-5-6-12-17(15)18/h2-6,8-10,12,18,20-21H,7,11,13-14H2,1H3/t18-,20+/m0/s1. The monoisotopic (exact) mass is 333 g/mol. The molecule has 0 saturated carbocycles. The van der Waals surface area contributed by atoms with Crippen LogP contribution in [0.25, 0.3) is 0 Å². The van der Waals surface area contributed by atoms with Crippen molar-refractivity contribution in [2.24, 2.45) is 7.05 Å². The normalized spacial score (nSPS) is 17.9. The molecule has 3 aromatic rings. The molecule has 128 valence electrons. The van der Waals surface area contributed by atoms with E-state index in [2.05, 4.69) is 75.4 Å². The minimum absolute atomic E-state index is 0.249. The van der Waals surface area contributed by atoms with Crippen molar-refractivity contribution in [1.29, 1.82) is 0 Å². The van der Waals surface area contributed by atoms with E-state index in [0.717, 1.165) is 5.82 Å². The fourth-order valence-corrected chi connectivity index (χ4v) is 3.89. The van der Waals surface area contributed by atoms with Crippen molar-refractivity contribution >= 4 is 0 Å². The van der Waals surface area contributed by atoms with E-state index in [-0.39, 0.29) is 6.04 Å². The highest BCUT2D eigenvalue weighted by Gasteiger charge is 2.28. The molecular weight excluding hydrogens is 310 g/mol. The van der Waals surface area contributed by atoms with Gasteiger partial charge in [0, 0.05) is 19.0 Å². The fraction of sp³-hybridized carbons (Fsp3) is 0.350. The molecule has 2 aromatic carbocycles. The molecule has 1 aliphatic rings. The topological polar surface area (TPSA) is 55.6 Å². The summed E-state index contributed by atoms with van der Waals surface area (Å²) >= 11 is 0. The Morgan fingerprint density at radius 1 is 1.12 bits per heavy atom. The molecule has 0 radical (unpaired) electrons. The molecule has 0 amide bonds. The highest BCUT2D eigenvalue weighted by atomic mass is 15.5. The van der Waals surface area contributed by atoms with Crippen LogP contribution in [-0.2, 0) is 20.0 Å². The zero-order chi connectivity index (χ0) is 17.1. The Morgan fingerprint density at radius 2 is 1.92 bits per heavy atom. The molecule has 2 atom stereocenters. The van der Waals surface area contributed by atoms with Crippen LogP contribution < -0.4 is 5.32 Å². The average Bonchev–Trinajstić information content (AvgIpc) is 3.08. The first kappa shape index (κ1) is 16.0. The van der Waals surface area contributed by atoms with Gasteiger partial charge in [0.25, 0.3) is 0 Å². The predicted molar refractivity (Wildman–Crippen MR) is 96.9 cm³/mol. The lowest BCUT2D eigenvalue weighted by Crippen LogP contribution is -2.30. The van der Waals surface area contributed by atoms with Crippen LogP contribution in [0.2, 0.25) is 0 Å². The highest BCUT2D eigenvalue weighted by molar-refractivity contribution is 5.36. The second-order valence-corrected chi connectivity index (χ2v) is 6.69. The van der Waals surface area contributed by atoms with E-state index in [9.17, 15) is 0 Å². The summed E-state index contributed by atoms with van der Waals surface area (Å²) in [6, 6.07) is 19.8. The van der Waals surface area contributed by atoms with E-state index in [1.54, 1.807) is 4.68 Å². The quantitative estimate of drug-likeness (QED) is 0.779. The second-order valence-electron chi connectivity index (χ2n) is 6.69. The number of nitrogens with zero attached hydrogens (tertiary/aromatic N) is 4. The van der Waals surface area contributed by atoms with Crippen LogP contribution in [0.1, 0.15) is 47.3 Å². The van der Waals surface area contributed by atoms with Gasteiger partial charge in [0.05, 0.1) is 6.54 Å². The molecule has 0 fully saturated rings. The number of aryl methyl sites for hydroxylation is 2. The minimum Gasteiger partial charge on any atom is -0.302 e. The summed E-state index contributed by atoms with van der Waals surface area (Å²) in [7, 11) is 1.88. The summed E-state index contributed by atoms with van der Waals surface area (Å²) in [5.41, 5.74) is 4.28. The lowest BCUT2D eigenvalue weighted by molar-refractivity contribution is 0.393. The number of tetrazole rings is 1. The van der Waals surface area contributed by atoms with Gasteiger partial charge in [-0.2, -0.15) is 0 Å². The molecule has 0 bridgehead atoms. The van der Waals surface area contributed by atoms with E-state index >= 15 is 0 Å². The maximum absolute atomic E-state index is 4.11. The van der Waals surface area contributed by atoms with Crippen molar-refractivity contribution in [3.8, 4) is 0 Å². The van der Waals surface area contributed by atoms with Gasteiger partial charge in [0.15, 0.2) is 5.82 Å². The largest absolute Gasteiger partial charge is 0.302 e. The molecule has 5 nitrogen and oxygen atoms in total. The third-order valence-electron chi connectivity index (χ3n) is 5.16. The first-order valence-electron chi connectivity index (χ1n) is 8.90. The number of benzene rings is 2. The average molecular weight is 333 g/mol. The Morgan fingerprint density at radius 3 is 2.72 bits per heavy atom. The summed E-state index contributed by atoms with van der Waals surface area (Å²) in [6.07, 6.45) is 3.61. The molecule has 4 rings (SSSR count).